The Kier molecular flexibility index (Phi) is 9.40. The van der Waals surface area contributed by atoms with Gasteiger partial charge in [0.15, 0.2) is 0 Å². The second-order valence-electron chi connectivity index (χ2n) is 8.31. The fraction of sp³-hybridized carbons (Fsp3) is 0.407. The predicted octanol–water partition coefficient (Wildman–Crippen LogP) is 5.89. The minimum absolute atomic E-state index is 0.335. The van der Waals surface area contributed by atoms with Gasteiger partial charge in [-0.2, -0.15) is 4.99 Å². The van der Waals surface area contributed by atoms with Crippen LogP contribution in [0.1, 0.15) is 68.2 Å². The standard InChI is InChI=1S/C27H34N4O4/c1-5-7-8-9-16-35-27(33)29-19(3)20-10-13-22(14-11-20)28-18-25-30-23-17-21(26(32)34-6-2)12-15-24(23)31(25)4/h10-15,17,28H,5-9,16,18H2,1-4H3. The highest BCUT2D eigenvalue weighted by molar-refractivity contribution is 6.04. The number of aliphatic imine (C=N–C) groups is 1. The van der Waals surface area contributed by atoms with E-state index in [9.17, 15) is 9.59 Å². The fourth-order valence-electron chi connectivity index (χ4n) is 3.68. The Hall–Kier alpha value is -3.68. The number of benzene rings is 2. The SMILES string of the molecule is CCCCCCOC(=O)N=C(C)c1ccc(NCc2nc3cc(C(=O)OCC)ccc3n2C)cc1. The van der Waals surface area contributed by atoms with Crippen molar-refractivity contribution in [1.82, 2.24) is 9.55 Å². The van der Waals surface area contributed by atoms with Crippen LogP contribution in [0.25, 0.3) is 11.0 Å². The van der Waals surface area contributed by atoms with Gasteiger partial charge in [0, 0.05) is 12.7 Å². The molecule has 1 N–H and O–H groups in total. The molecule has 0 bridgehead atoms. The minimum Gasteiger partial charge on any atom is -0.462 e. The monoisotopic (exact) mass is 478 g/mol. The Labute approximate surface area is 206 Å². The topological polar surface area (TPSA) is 94.8 Å². The normalized spacial score (nSPS) is 11.5. The average molecular weight is 479 g/mol. The minimum atomic E-state index is -0.547. The largest absolute Gasteiger partial charge is 0.462 e. The molecule has 3 aromatic rings. The van der Waals surface area contributed by atoms with Gasteiger partial charge in [0.05, 0.1) is 42.1 Å². The second kappa shape index (κ2) is 12.7. The van der Waals surface area contributed by atoms with E-state index in [0.29, 0.717) is 31.0 Å². The Morgan fingerprint density at radius 2 is 1.74 bits per heavy atom. The number of hydrogen-bond acceptors (Lipinski definition) is 6. The molecule has 0 saturated carbocycles. The zero-order valence-electron chi connectivity index (χ0n) is 21.0. The van der Waals surface area contributed by atoms with E-state index < -0.39 is 6.09 Å². The van der Waals surface area contributed by atoms with E-state index in [2.05, 4.69) is 22.2 Å². The molecular formula is C27H34N4O4. The summed E-state index contributed by atoms with van der Waals surface area (Å²) in [7, 11) is 1.95. The van der Waals surface area contributed by atoms with Gasteiger partial charge < -0.3 is 19.4 Å². The maximum atomic E-state index is 12.0. The van der Waals surface area contributed by atoms with Gasteiger partial charge in [-0.1, -0.05) is 38.3 Å². The molecular weight excluding hydrogens is 444 g/mol. The van der Waals surface area contributed by atoms with E-state index in [4.69, 9.17) is 9.47 Å². The molecule has 0 aliphatic carbocycles. The zero-order chi connectivity index (χ0) is 25.2. The number of rotatable bonds is 11. The Morgan fingerprint density at radius 3 is 2.46 bits per heavy atom. The first kappa shape index (κ1) is 25.9. The number of unbranched alkanes of at least 4 members (excludes halogenated alkanes) is 3. The number of carbonyl (C=O) groups excluding carboxylic acids is 2. The van der Waals surface area contributed by atoms with Crippen LogP contribution in [-0.2, 0) is 23.1 Å². The first-order valence-electron chi connectivity index (χ1n) is 12.1. The molecule has 186 valence electrons. The Balaban J connectivity index is 1.58. The summed E-state index contributed by atoms with van der Waals surface area (Å²) in [6.45, 7) is 6.98. The molecule has 1 amide bonds. The highest BCUT2D eigenvalue weighted by atomic mass is 16.5. The van der Waals surface area contributed by atoms with Crippen molar-refractivity contribution in [3.05, 3.63) is 59.4 Å². The molecule has 0 saturated heterocycles. The lowest BCUT2D eigenvalue weighted by Gasteiger charge is -2.08. The fourth-order valence-corrected chi connectivity index (χ4v) is 3.68. The van der Waals surface area contributed by atoms with E-state index >= 15 is 0 Å². The Bertz CT molecular complexity index is 1180. The third kappa shape index (κ3) is 7.15. The quantitative estimate of drug-likeness (QED) is 0.210. The summed E-state index contributed by atoms with van der Waals surface area (Å²) in [6, 6.07) is 13.1. The molecule has 0 radical (unpaired) electrons. The third-order valence-corrected chi connectivity index (χ3v) is 5.72. The predicted molar refractivity (Wildman–Crippen MR) is 138 cm³/mol. The number of nitrogens with zero attached hydrogens (tertiary/aromatic N) is 3. The molecule has 0 spiro atoms. The van der Waals surface area contributed by atoms with Crippen LogP contribution in [0.15, 0.2) is 47.5 Å². The summed E-state index contributed by atoms with van der Waals surface area (Å²) in [5.74, 6) is 0.489. The highest BCUT2D eigenvalue weighted by Crippen LogP contribution is 2.19. The first-order chi connectivity index (χ1) is 16.9. The maximum Gasteiger partial charge on any atom is 0.433 e. The number of ether oxygens (including phenoxy) is 2. The van der Waals surface area contributed by atoms with Crippen LogP contribution in [-0.4, -0.2) is 40.5 Å². The smallest absolute Gasteiger partial charge is 0.433 e. The summed E-state index contributed by atoms with van der Waals surface area (Å²) >= 11 is 0. The highest BCUT2D eigenvalue weighted by Gasteiger charge is 2.12. The summed E-state index contributed by atoms with van der Waals surface area (Å²) in [5, 5.41) is 3.37. The number of aromatic nitrogens is 2. The lowest BCUT2D eigenvalue weighted by Crippen LogP contribution is -2.07. The molecule has 8 nitrogen and oxygen atoms in total. The van der Waals surface area contributed by atoms with E-state index in [0.717, 1.165) is 53.8 Å². The van der Waals surface area contributed by atoms with Crippen LogP contribution < -0.4 is 5.32 Å². The second-order valence-corrected chi connectivity index (χ2v) is 8.31. The molecule has 0 aliphatic rings. The van der Waals surface area contributed by atoms with Crippen molar-refractivity contribution in [2.24, 2.45) is 12.0 Å². The molecule has 0 aliphatic heterocycles. The van der Waals surface area contributed by atoms with Gasteiger partial charge in [0.2, 0.25) is 0 Å². The summed E-state index contributed by atoms with van der Waals surface area (Å²) in [4.78, 5) is 32.6. The van der Waals surface area contributed by atoms with Gasteiger partial charge in [-0.25, -0.2) is 14.6 Å². The van der Waals surface area contributed by atoms with Crippen LogP contribution in [0.4, 0.5) is 10.5 Å². The van der Waals surface area contributed by atoms with Crippen molar-refractivity contribution >= 4 is 34.5 Å². The van der Waals surface area contributed by atoms with Crippen molar-refractivity contribution in [3.63, 3.8) is 0 Å². The van der Waals surface area contributed by atoms with Crippen LogP contribution in [0.5, 0.6) is 0 Å². The third-order valence-electron chi connectivity index (χ3n) is 5.72. The number of esters is 1. The molecule has 1 aromatic heterocycles. The summed E-state index contributed by atoms with van der Waals surface area (Å²) in [5.41, 5.74) is 4.56. The number of carbonyl (C=O) groups is 2. The van der Waals surface area contributed by atoms with Gasteiger partial charge in [0.25, 0.3) is 0 Å². The maximum absolute atomic E-state index is 12.0. The van der Waals surface area contributed by atoms with Crippen LogP contribution in [0.2, 0.25) is 0 Å². The molecule has 1 heterocycles. The van der Waals surface area contributed by atoms with Crippen LogP contribution in [0.3, 0.4) is 0 Å². The van der Waals surface area contributed by atoms with Gasteiger partial charge in [-0.3, -0.25) is 0 Å². The van der Waals surface area contributed by atoms with Crippen molar-refractivity contribution in [1.29, 1.82) is 0 Å². The van der Waals surface area contributed by atoms with Crippen LogP contribution >= 0.6 is 0 Å². The number of fused-ring (bicyclic) bond motifs is 1. The lowest BCUT2D eigenvalue weighted by molar-refractivity contribution is 0.0526. The lowest BCUT2D eigenvalue weighted by atomic mass is 10.1. The molecule has 2 aromatic carbocycles. The number of aryl methyl sites for hydroxylation is 1. The van der Waals surface area contributed by atoms with E-state index in [1.54, 1.807) is 26.0 Å². The van der Waals surface area contributed by atoms with Gasteiger partial charge in [-0.05, 0) is 56.2 Å². The molecule has 8 heteroatoms. The van der Waals surface area contributed by atoms with Crippen molar-refractivity contribution in [2.75, 3.05) is 18.5 Å². The molecule has 0 fully saturated rings. The number of nitrogens with one attached hydrogen (secondary N) is 1. The molecule has 0 unspecified atom stereocenters. The first-order valence-corrected chi connectivity index (χ1v) is 12.1. The molecule has 35 heavy (non-hydrogen) atoms. The van der Waals surface area contributed by atoms with Crippen LogP contribution in [0, 0.1) is 0 Å². The van der Waals surface area contributed by atoms with Crippen molar-refractivity contribution < 1.29 is 19.1 Å². The summed E-state index contributed by atoms with van der Waals surface area (Å²) < 4.78 is 12.3. The van der Waals surface area contributed by atoms with Gasteiger partial charge >= 0.3 is 12.1 Å². The van der Waals surface area contributed by atoms with Gasteiger partial charge in [0.1, 0.15) is 5.82 Å². The number of anilines is 1. The zero-order valence-corrected chi connectivity index (χ0v) is 21.0. The van der Waals surface area contributed by atoms with Crippen molar-refractivity contribution in [3.8, 4) is 0 Å². The summed E-state index contributed by atoms with van der Waals surface area (Å²) in [6.07, 6.45) is 3.67. The number of hydrogen-bond donors (Lipinski definition) is 1. The molecule has 3 rings (SSSR count). The Morgan fingerprint density at radius 1 is 1.00 bits per heavy atom. The van der Waals surface area contributed by atoms with Gasteiger partial charge in [-0.15, -0.1) is 0 Å². The van der Waals surface area contributed by atoms with E-state index in [1.807, 2.05) is 41.9 Å². The van der Waals surface area contributed by atoms with E-state index in [1.165, 1.54) is 0 Å². The van der Waals surface area contributed by atoms with E-state index in [-0.39, 0.29) is 5.97 Å². The number of amides is 1. The number of imidazole rings is 1. The average Bonchev–Trinajstić information content (AvgIpc) is 3.17. The van der Waals surface area contributed by atoms with Crippen molar-refractivity contribution in [2.45, 2.75) is 53.0 Å². The molecule has 0 atom stereocenters.